The number of oxime groups is 1. The molecule has 0 unspecified atom stereocenters. The van der Waals surface area contributed by atoms with E-state index in [2.05, 4.69) is 23.2 Å². The summed E-state index contributed by atoms with van der Waals surface area (Å²) >= 11 is 0. The van der Waals surface area contributed by atoms with Gasteiger partial charge in [-0.15, -0.1) is 0 Å². The summed E-state index contributed by atoms with van der Waals surface area (Å²) in [6.45, 7) is 2.94. The van der Waals surface area contributed by atoms with Crippen LogP contribution in [0.2, 0.25) is 0 Å². The maximum atomic E-state index is 5.45. The van der Waals surface area contributed by atoms with Gasteiger partial charge in [0.2, 0.25) is 6.29 Å². The number of fused-ring (bicyclic) bond motifs is 1. The third-order valence-electron chi connectivity index (χ3n) is 3.32. The highest BCUT2D eigenvalue weighted by molar-refractivity contribution is 6.03. The van der Waals surface area contributed by atoms with Crippen LogP contribution >= 0.6 is 0 Å². The Bertz CT molecular complexity index is 325. The fraction of sp³-hybridized carbons (Fsp3) is 0.727. The summed E-state index contributed by atoms with van der Waals surface area (Å²) < 4.78 is 5.45. The summed E-state index contributed by atoms with van der Waals surface area (Å²) in [4.78, 5) is 7.60. The minimum Gasteiger partial charge on any atom is -0.363 e. The first-order chi connectivity index (χ1) is 7.34. The molecule has 3 aliphatic heterocycles. The molecule has 0 N–H and O–H groups in total. The Morgan fingerprint density at radius 1 is 1.53 bits per heavy atom. The third kappa shape index (κ3) is 1.58. The van der Waals surface area contributed by atoms with Gasteiger partial charge in [0.15, 0.2) is 0 Å². The maximum absolute atomic E-state index is 5.45. The molecule has 0 amide bonds. The molecular formula is C11H16N2O2. The first-order valence-corrected chi connectivity index (χ1v) is 5.58. The second-order valence-electron chi connectivity index (χ2n) is 4.47. The molecule has 3 rings (SSSR count). The van der Waals surface area contributed by atoms with E-state index >= 15 is 0 Å². The van der Waals surface area contributed by atoms with Crippen LogP contribution in [0, 0.1) is 5.92 Å². The molecule has 1 saturated heterocycles. The molecule has 3 aliphatic rings. The van der Waals surface area contributed by atoms with Gasteiger partial charge in [-0.05, 0) is 25.5 Å². The van der Waals surface area contributed by atoms with Crippen molar-refractivity contribution in [1.29, 1.82) is 0 Å². The summed E-state index contributed by atoms with van der Waals surface area (Å²) in [5, 5.41) is 4.18. The van der Waals surface area contributed by atoms with Crippen molar-refractivity contribution in [3.05, 3.63) is 11.6 Å². The van der Waals surface area contributed by atoms with Crippen molar-refractivity contribution in [1.82, 2.24) is 4.90 Å². The normalized spacial score (nSPS) is 35.8. The summed E-state index contributed by atoms with van der Waals surface area (Å²) in [5.74, 6) is 0.378. The first-order valence-electron chi connectivity index (χ1n) is 5.58. The fourth-order valence-corrected chi connectivity index (χ4v) is 2.49. The lowest BCUT2D eigenvalue weighted by atomic mass is 9.93. The van der Waals surface area contributed by atoms with Gasteiger partial charge < -0.3 is 14.5 Å². The van der Waals surface area contributed by atoms with Crippen molar-refractivity contribution >= 4 is 5.71 Å². The highest BCUT2D eigenvalue weighted by Crippen LogP contribution is 2.32. The van der Waals surface area contributed by atoms with Crippen LogP contribution in [0.1, 0.15) is 12.8 Å². The van der Waals surface area contributed by atoms with E-state index in [0.717, 1.165) is 38.2 Å². The molecule has 1 fully saturated rings. The van der Waals surface area contributed by atoms with Crippen molar-refractivity contribution in [3.8, 4) is 0 Å². The lowest BCUT2D eigenvalue weighted by Crippen LogP contribution is -2.31. The molecule has 0 bridgehead atoms. The summed E-state index contributed by atoms with van der Waals surface area (Å²) in [5.41, 5.74) is 2.46. The van der Waals surface area contributed by atoms with Crippen molar-refractivity contribution in [2.75, 3.05) is 26.7 Å². The van der Waals surface area contributed by atoms with Gasteiger partial charge in [-0.1, -0.05) is 11.2 Å². The molecule has 0 radical (unpaired) electrons. The van der Waals surface area contributed by atoms with E-state index in [1.54, 1.807) is 0 Å². The smallest absolute Gasteiger partial charge is 0.235 e. The van der Waals surface area contributed by atoms with Gasteiger partial charge in [-0.3, -0.25) is 0 Å². The Balaban J connectivity index is 1.79. The zero-order valence-corrected chi connectivity index (χ0v) is 8.98. The summed E-state index contributed by atoms with van der Waals surface area (Å²) in [6, 6.07) is 0. The molecule has 0 aliphatic carbocycles. The first kappa shape index (κ1) is 9.36. The Labute approximate surface area is 89.5 Å². The standard InChI is InChI=1S/C11H16N2O2/c1-13-5-2-3-8(7-13)10-9-4-6-14-11(9)15-12-10/h3,9,11H,2,4-7H2,1H3/t9-,11+/m1/s1. The lowest BCUT2D eigenvalue weighted by molar-refractivity contribution is -0.106. The van der Waals surface area contributed by atoms with Crippen LogP contribution in [0.15, 0.2) is 16.8 Å². The number of ether oxygens (including phenoxy) is 1. The van der Waals surface area contributed by atoms with E-state index in [-0.39, 0.29) is 6.29 Å². The second kappa shape index (κ2) is 3.61. The van der Waals surface area contributed by atoms with Gasteiger partial charge >= 0.3 is 0 Å². The fourth-order valence-electron chi connectivity index (χ4n) is 2.49. The van der Waals surface area contributed by atoms with Crippen LogP contribution in [0.4, 0.5) is 0 Å². The Morgan fingerprint density at radius 2 is 2.47 bits per heavy atom. The number of likely N-dealkylation sites (N-methyl/N-ethyl adjacent to an activating group) is 1. The number of rotatable bonds is 1. The highest BCUT2D eigenvalue weighted by Gasteiger charge is 2.40. The predicted molar refractivity (Wildman–Crippen MR) is 56.6 cm³/mol. The molecule has 0 aromatic heterocycles. The summed E-state index contributed by atoms with van der Waals surface area (Å²) in [7, 11) is 2.14. The predicted octanol–water partition coefficient (Wildman–Crippen LogP) is 0.997. The molecule has 0 aromatic carbocycles. The Kier molecular flexibility index (Phi) is 2.25. The zero-order valence-electron chi connectivity index (χ0n) is 8.98. The van der Waals surface area contributed by atoms with E-state index < -0.39 is 0 Å². The average Bonchev–Trinajstić information content (AvgIpc) is 2.77. The average molecular weight is 208 g/mol. The largest absolute Gasteiger partial charge is 0.363 e. The Hall–Kier alpha value is -0.870. The molecule has 3 heterocycles. The van der Waals surface area contributed by atoms with E-state index in [9.17, 15) is 0 Å². The Morgan fingerprint density at radius 3 is 3.33 bits per heavy atom. The molecule has 0 spiro atoms. The van der Waals surface area contributed by atoms with Crippen LogP contribution in [-0.2, 0) is 9.57 Å². The molecular weight excluding hydrogens is 192 g/mol. The number of hydrogen-bond acceptors (Lipinski definition) is 4. The van der Waals surface area contributed by atoms with Crippen LogP contribution in [0.3, 0.4) is 0 Å². The van der Waals surface area contributed by atoms with Crippen molar-refractivity contribution < 1.29 is 9.57 Å². The zero-order chi connectivity index (χ0) is 10.3. The second-order valence-corrected chi connectivity index (χ2v) is 4.47. The lowest BCUT2D eigenvalue weighted by Gasteiger charge is -2.23. The van der Waals surface area contributed by atoms with E-state index in [0.29, 0.717) is 5.92 Å². The van der Waals surface area contributed by atoms with Gasteiger partial charge in [-0.2, -0.15) is 0 Å². The molecule has 2 atom stereocenters. The number of hydrogen-bond donors (Lipinski definition) is 0. The van der Waals surface area contributed by atoms with Crippen molar-refractivity contribution in [2.24, 2.45) is 11.1 Å². The van der Waals surface area contributed by atoms with E-state index in [1.807, 2.05) is 0 Å². The minimum absolute atomic E-state index is 0.104. The van der Waals surface area contributed by atoms with Gasteiger partial charge in [0.1, 0.15) is 0 Å². The van der Waals surface area contributed by atoms with E-state index in [4.69, 9.17) is 9.57 Å². The van der Waals surface area contributed by atoms with Crippen LogP contribution in [0.25, 0.3) is 0 Å². The van der Waals surface area contributed by atoms with Crippen molar-refractivity contribution in [2.45, 2.75) is 19.1 Å². The molecule has 4 nitrogen and oxygen atoms in total. The minimum atomic E-state index is -0.104. The van der Waals surface area contributed by atoms with Gasteiger partial charge in [0.25, 0.3) is 0 Å². The molecule has 0 saturated carbocycles. The van der Waals surface area contributed by atoms with Crippen molar-refractivity contribution in [3.63, 3.8) is 0 Å². The van der Waals surface area contributed by atoms with Gasteiger partial charge in [-0.25, -0.2) is 0 Å². The monoisotopic (exact) mass is 208 g/mol. The maximum Gasteiger partial charge on any atom is 0.235 e. The number of nitrogens with zero attached hydrogens (tertiary/aromatic N) is 2. The van der Waals surface area contributed by atoms with Gasteiger partial charge in [0, 0.05) is 13.1 Å². The summed E-state index contributed by atoms with van der Waals surface area (Å²) in [6.07, 6.45) is 4.35. The van der Waals surface area contributed by atoms with Crippen LogP contribution in [-0.4, -0.2) is 43.6 Å². The van der Waals surface area contributed by atoms with Gasteiger partial charge in [0.05, 0.1) is 18.2 Å². The third-order valence-corrected chi connectivity index (χ3v) is 3.32. The quantitative estimate of drug-likeness (QED) is 0.644. The SMILES string of the molecule is CN1CCC=C(C2=NO[C@@H]3OCC[C@H]23)C1. The van der Waals surface area contributed by atoms with Crippen LogP contribution < -0.4 is 0 Å². The topological polar surface area (TPSA) is 34.1 Å². The molecule has 0 aromatic rings. The molecule has 4 heteroatoms. The van der Waals surface area contributed by atoms with E-state index in [1.165, 1.54) is 5.57 Å². The highest BCUT2D eigenvalue weighted by atomic mass is 16.8. The molecule has 82 valence electrons. The molecule has 15 heavy (non-hydrogen) atoms. The van der Waals surface area contributed by atoms with Crippen LogP contribution in [0.5, 0.6) is 0 Å².